The van der Waals surface area contributed by atoms with E-state index in [-0.39, 0.29) is 12.1 Å². The van der Waals surface area contributed by atoms with Crippen LogP contribution in [0, 0.1) is 10.1 Å². The first kappa shape index (κ1) is 13.5. The van der Waals surface area contributed by atoms with Crippen LogP contribution in [0.25, 0.3) is 0 Å². The lowest BCUT2D eigenvalue weighted by atomic mass is 10.2. The molecule has 2 aromatic rings. The molecule has 104 valence electrons. The highest BCUT2D eigenvalue weighted by molar-refractivity contribution is 5.94. The van der Waals surface area contributed by atoms with Crippen molar-refractivity contribution in [2.75, 3.05) is 0 Å². The van der Waals surface area contributed by atoms with Gasteiger partial charge in [0.1, 0.15) is 0 Å². The first-order valence-corrected chi connectivity index (χ1v) is 5.71. The van der Waals surface area contributed by atoms with E-state index >= 15 is 0 Å². The van der Waals surface area contributed by atoms with Crippen LogP contribution >= 0.6 is 0 Å². The van der Waals surface area contributed by atoms with E-state index in [0.29, 0.717) is 5.69 Å². The van der Waals surface area contributed by atoms with Gasteiger partial charge in [-0.2, -0.15) is 5.10 Å². The van der Waals surface area contributed by atoms with Crippen molar-refractivity contribution in [1.82, 2.24) is 15.1 Å². The van der Waals surface area contributed by atoms with Crippen LogP contribution in [0.3, 0.4) is 0 Å². The number of nitro groups is 1. The van der Waals surface area contributed by atoms with Gasteiger partial charge in [0.15, 0.2) is 5.75 Å². The molecule has 2 N–H and O–H groups in total. The van der Waals surface area contributed by atoms with Gasteiger partial charge in [-0.15, -0.1) is 0 Å². The Balaban J connectivity index is 2.06. The van der Waals surface area contributed by atoms with Crippen molar-refractivity contribution in [1.29, 1.82) is 0 Å². The van der Waals surface area contributed by atoms with Crippen LogP contribution in [0.1, 0.15) is 16.1 Å². The van der Waals surface area contributed by atoms with Crippen molar-refractivity contribution in [3.63, 3.8) is 0 Å². The van der Waals surface area contributed by atoms with Crippen LogP contribution in [0.15, 0.2) is 30.5 Å². The largest absolute Gasteiger partial charge is 0.502 e. The van der Waals surface area contributed by atoms with E-state index in [1.54, 1.807) is 24.0 Å². The zero-order valence-electron chi connectivity index (χ0n) is 10.6. The predicted octanol–water partition coefficient (Wildman–Crippen LogP) is 0.964. The van der Waals surface area contributed by atoms with Gasteiger partial charge in [-0.25, -0.2) is 0 Å². The number of nitro benzene ring substituents is 1. The Morgan fingerprint density at radius 3 is 2.80 bits per heavy atom. The average molecular weight is 276 g/mol. The van der Waals surface area contributed by atoms with Crippen molar-refractivity contribution in [3.05, 3.63) is 51.8 Å². The smallest absolute Gasteiger partial charge is 0.310 e. The second-order valence-corrected chi connectivity index (χ2v) is 4.12. The Kier molecular flexibility index (Phi) is 3.65. The number of phenols is 1. The Morgan fingerprint density at radius 1 is 1.50 bits per heavy atom. The Morgan fingerprint density at radius 2 is 2.25 bits per heavy atom. The first-order chi connectivity index (χ1) is 9.47. The number of amides is 1. The van der Waals surface area contributed by atoms with E-state index < -0.39 is 22.3 Å². The molecular formula is C12H12N4O4. The van der Waals surface area contributed by atoms with Gasteiger partial charge >= 0.3 is 5.69 Å². The molecule has 8 nitrogen and oxygen atoms in total. The molecule has 0 bridgehead atoms. The van der Waals surface area contributed by atoms with Gasteiger partial charge in [0, 0.05) is 24.9 Å². The standard InChI is InChI=1S/C12H12N4O4/c1-15-5-4-9(14-15)7-13-12(18)8-2-3-10(16(19)20)11(17)6-8/h2-6,17H,7H2,1H3,(H,13,18). The second kappa shape index (κ2) is 5.39. The van der Waals surface area contributed by atoms with Gasteiger partial charge in [-0.05, 0) is 18.2 Å². The Labute approximate surface area is 113 Å². The fourth-order valence-electron chi connectivity index (χ4n) is 1.65. The van der Waals surface area contributed by atoms with Crippen LogP contribution in [0.2, 0.25) is 0 Å². The Hall–Kier alpha value is -2.90. The number of aryl methyl sites for hydroxylation is 1. The van der Waals surface area contributed by atoms with Gasteiger partial charge in [0.25, 0.3) is 5.91 Å². The molecule has 2 rings (SSSR count). The minimum Gasteiger partial charge on any atom is -0.502 e. The summed E-state index contributed by atoms with van der Waals surface area (Å²) in [4.78, 5) is 21.7. The van der Waals surface area contributed by atoms with Gasteiger partial charge in [0.05, 0.1) is 17.2 Å². The molecule has 0 aliphatic carbocycles. The summed E-state index contributed by atoms with van der Waals surface area (Å²) in [5.74, 6) is -0.985. The second-order valence-electron chi connectivity index (χ2n) is 4.12. The summed E-state index contributed by atoms with van der Waals surface area (Å²) in [6.07, 6.45) is 1.75. The number of rotatable bonds is 4. The van der Waals surface area contributed by atoms with E-state index in [2.05, 4.69) is 10.4 Å². The molecule has 1 heterocycles. The Bertz CT molecular complexity index is 665. The normalized spacial score (nSPS) is 10.2. The van der Waals surface area contributed by atoms with Crippen LogP contribution in [0.5, 0.6) is 5.75 Å². The molecule has 0 aliphatic heterocycles. The monoisotopic (exact) mass is 276 g/mol. The third-order valence-corrected chi connectivity index (χ3v) is 2.63. The first-order valence-electron chi connectivity index (χ1n) is 5.71. The maximum atomic E-state index is 11.8. The van der Waals surface area contributed by atoms with Gasteiger partial charge in [-0.3, -0.25) is 19.6 Å². The van der Waals surface area contributed by atoms with E-state index in [4.69, 9.17) is 0 Å². The molecule has 1 amide bonds. The number of nitrogens with zero attached hydrogens (tertiary/aromatic N) is 3. The van der Waals surface area contributed by atoms with Crippen LogP contribution < -0.4 is 5.32 Å². The van der Waals surface area contributed by atoms with Crippen LogP contribution in [-0.4, -0.2) is 25.7 Å². The zero-order valence-corrected chi connectivity index (χ0v) is 10.6. The quantitative estimate of drug-likeness (QED) is 0.638. The summed E-state index contributed by atoms with van der Waals surface area (Å²) >= 11 is 0. The minimum atomic E-state index is -0.717. The number of hydrogen-bond donors (Lipinski definition) is 2. The van der Waals surface area contributed by atoms with Gasteiger partial charge < -0.3 is 10.4 Å². The maximum absolute atomic E-state index is 11.8. The van der Waals surface area contributed by atoms with Crippen LogP contribution in [-0.2, 0) is 13.6 Å². The third kappa shape index (κ3) is 2.91. The van der Waals surface area contributed by atoms with Crippen molar-refractivity contribution in [2.45, 2.75) is 6.54 Å². The van der Waals surface area contributed by atoms with E-state index in [0.717, 1.165) is 12.1 Å². The number of aromatic nitrogens is 2. The van der Waals surface area contributed by atoms with Crippen molar-refractivity contribution in [3.8, 4) is 5.75 Å². The number of carbonyl (C=O) groups excluding carboxylic acids is 1. The lowest BCUT2D eigenvalue weighted by molar-refractivity contribution is -0.385. The molecule has 0 saturated carbocycles. The van der Waals surface area contributed by atoms with E-state index in [1.807, 2.05) is 0 Å². The van der Waals surface area contributed by atoms with Gasteiger partial charge in [0.2, 0.25) is 0 Å². The SMILES string of the molecule is Cn1ccc(CNC(=O)c2ccc([N+](=O)[O-])c(O)c2)n1. The molecule has 8 heteroatoms. The maximum Gasteiger partial charge on any atom is 0.310 e. The van der Waals surface area contributed by atoms with Crippen molar-refractivity contribution in [2.24, 2.45) is 7.05 Å². The lowest BCUT2D eigenvalue weighted by Gasteiger charge is -2.04. The fraction of sp³-hybridized carbons (Fsp3) is 0.167. The number of carbonyl (C=O) groups is 1. The summed E-state index contributed by atoms with van der Waals surface area (Å²) in [5.41, 5.74) is 0.391. The van der Waals surface area contributed by atoms with E-state index in [1.165, 1.54) is 6.07 Å². The lowest BCUT2D eigenvalue weighted by Crippen LogP contribution is -2.23. The molecule has 1 aromatic carbocycles. The summed E-state index contributed by atoms with van der Waals surface area (Å²) in [6, 6.07) is 5.19. The predicted molar refractivity (Wildman–Crippen MR) is 69.1 cm³/mol. The molecular weight excluding hydrogens is 264 g/mol. The van der Waals surface area contributed by atoms with Crippen molar-refractivity contribution < 1.29 is 14.8 Å². The topological polar surface area (TPSA) is 110 Å². The molecule has 0 unspecified atom stereocenters. The highest BCUT2D eigenvalue weighted by Crippen LogP contribution is 2.26. The summed E-state index contributed by atoms with van der Waals surface area (Å²) in [7, 11) is 1.76. The van der Waals surface area contributed by atoms with Gasteiger partial charge in [-0.1, -0.05) is 0 Å². The zero-order chi connectivity index (χ0) is 14.7. The highest BCUT2D eigenvalue weighted by Gasteiger charge is 2.16. The van der Waals surface area contributed by atoms with Crippen molar-refractivity contribution >= 4 is 11.6 Å². The number of benzene rings is 1. The molecule has 0 saturated heterocycles. The third-order valence-electron chi connectivity index (χ3n) is 2.63. The number of hydrogen-bond acceptors (Lipinski definition) is 5. The molecule has 0 atom stereocenters. The molecule has 1 aromatic heterocycles. The number of nitrogens with one attached hydrogen (secondary N) is 1. The molecule has 0 spiro atoms. The highest BCUT2D eigenvalue weighted by atomic mass is 16.6. The molecule has 20 heavy (non-hydrogen) atoms. The van der Waals surface area contributed by atoms with Crippen LogP contribution in [0.4, 0.5) is 5.69 Å². The molecule has 0 aliphatic rings. The minimum absolute atomic E-state index is 0.143. The summed E-state index contributed by atoms with van der Waals surface area (Å²) < 4.78 is 1.61. The van der Waals surface area contributed by atoms with E-state index in [9.17, 15) is 20.0 Å². The summed E-state index contributed by atoms with van der Waals surface area (Å²) in [5, 5.41) is 26.7. The molecule has 0 fully saturated rings. The summed E-state index contributed by atoms with van der Waals surface area (Å²) in [6.45, 7) is 0.234. The average Bonchev–Trinajstić information content (AvgIpc) is 2.81. The number of phenolic OH excluding ortho intramolecular Hbond substituents is 1. The number of aromatic hydroxyl groups is 1. The molecule has 0 radical (unpaired) electrons. The fourth-order valence-corrected chi connectivity index (χ4v) is 1.65.